The fraction of sp³-hybridized carbons (Fsp3) is 0.311. The lowest BCUT2D eigenvalue weighted by atomic mass is 9.97. The molecule has 0 bridgehead atoms. The summed E-state index contributed by atoms with van der Waals surface area (Å²) in [7, 11) is 0. The van der Waals surface area contributed by atoms with Crippen LogP contribution in [0, 0.1) is 5.41 Å². The Balaban J connectivity index is 0.000000208. The molecule has 0 radical (unpaired) electrons. The zero-order valence-corrected chi connectivity index (χ0v) is 79.0. The van der Waals surface area contributed by atoms with Crippen molar-refractivity contribution in [2.24, 2.45) is 5.41 Å². The normalized spacial score (nSPS) is 10.6. The number of rotatable bonds is 52. The van der Waals surface area contributed by atoms with Crippen molar-refractivity contribution < 1.29 is 71.5 Å². The van der Waals surface area contributed by atoms with E-state index in [0.29, 0.717) is 87.8 Å². The Hall–Kier alpha value is -13.7. The molecule has 0 spiro atoms. The number of ether oxygens (including phenoxy) is 7. The molecule has 12 rings (SSSR count). The van der Waals surface area contributed by atoms with Crippen LogP contribution in [0.1, 0.15) is 291 Å². The van der Waals surface area contributed by atoms with Crippen LogP contribution in [0.4, 0.5) is 0 Å². The molecule has 12 aromatic rings. The van der Waals surface area contributed by atoms with E-state index >= 15 is 0 Å². The molecule has 0 fully saturated rings. The van der Waals surface area contributed by atoms with Gasteiger partial charge >= 0.3 is 11.9 Å². The first-order chi connectivity index (χ1) is 65.4. The molecule has 0 atom stereocenters. The number of ketones is 6. The van der Waals surface area contributed by atoms with E-state index in [1.54, 1.807) is 93.6 Å². The lowest BCUT2D eigenvalue weighted by molar-refractivity contribution is -0.143. The maximum Gasteiger partial charge on any atom is 0.330 e. The van der Waals surface area contributed by atoms with Gasteiger partial charge < -0.3 is 33.2 Å². The Morgan fingerprint density at radius 2 is 0.381 bits per heavy atom. The Morgan fingerprint density at radius 3 is 0.567 bits per heavy atom. The minimum absolute atomic E-state index is 0.00862. The molecular formula is C119H134O15. The van der Waals surface area contributed by atoms with E-state index in [4.69, 9.17) is 33.2 Å². The molecule has 0 unspecified atom stereocenters. The van der Waals surface area contributed by atoms with Crippen LogP contribution in [-0.2, 0) is 14.3 Å². The van der Waals surface area contributed by atoms with Gasteiger partial charge in [-0.3, -0.25) is 33.6 Å². The van der Waals surface area contributed by atoms with Gasteiger partial charge in [-0.1, -0.05) is 305 Å². The van der Waals surface area contributed by atoms with Crippen molar-refractivity contribution in [1.29, 1.82) is 0 Å². The average molecular weight is 1800 g/mol. The zero-order valence-electron chi connectivity index (χ0n) is 79.0. The van der Waals surface area contributed by atoms with Crippen molar-refractivity contribution in [3.63, 3.8) is 0 Å². The number of hydrogen-bond donors (Lipinski definition) is 0. The molecule has 15 nitrogen and oxygen atoms in total. The molecule has 0 saturated heterocycles. The quantitative estimate of drug-likeness (QED) is 0.0114. The van der Waals surface area contributed by atoms with Gasteiger partial charge in [0.25, 0.3) is 0 Å². The Kier molecular flexibility index (Phi) is 49.4. The summed E-state index contributed by atoms with van der Waals surface area (Å²) in [5.41, 5.74) is 7.48. The number of carbonyl (C=O) groups excluding carboxylic acids is 8. The van der Waals surface area contributed by atoms with E-state index in [2.05, 4.69) is 20.4 Å². The third kappa shape index (κ3) is 41.0. The molecule has 0 N–H and O–H groups in total. The minimum atomic E-state index is -0.557. The third-order valence-corrected chi connectivity index (χ3v) is 21.8. The van der Waals surface area contributed by atoms with E-state index in [9.17, 15) is 38.4 Å². The molecule has 0 aliphatic carbocycles. The number of benzene rings is 12. The Bertz CT molecular complexity index is 5230. The predicted octanol–water partition coefficient (Wildman–Crippen LogP) is 28.9. The van der Waals surface area contributed by atoms with E-state index in [0.717, 1.165) is 111 Å². The molecule has 0 aromatic heterocycles. The highest BCUT2D eigenvalue weighted by molar-refractivity contribution is 6.12. The van der Waals surface area contributed by atoms with Crippen LogP contribution in [0.3, 0.4) is 0 Å². The van der Waals surface area contributed by atoms with E-state index < -0.39 is 5.41 Å². The summed E-state index contributed by atoms with van der Waals surface area (Å²) in [5, 5.41) is 0. The van der Waals surface area contributed by atoms with Gasteiger partial charge in [0.1, 0.15) is 34.5 Å². The van der Waals surface area contributed by atoms with E-state index in [1.165, 1.54) is 109 Å². The summed E-state index contributed by atoms with van der Waals surface area (Å²) >= 11 is 0. The van der Waals surface area contributed by atoms with E-state index in [-0.39, 0.29) is 46.6 Å². The van der Waals surface area contributed by atoms with Crippen molar-refractivity contribution in [1.82, 2.24) is 0 Å². The minimum Gasteiger partial charge on any atom is -0.494 e. The third-order valence-electron chi connectivity index (χ3n) is 21.8. The van der Waals surface area contributed by atoms with Gasteiger partial charge in [-0.05, 0) is 224 Å². The van der Waals surface area contributed by atoms with Gasteiger partial charge in [0.05, 0.1) is 45.1 Å². The fourth-order valence-corrected chi connectivity index (χ4v) is 13.9. The molecule has 134 heavy (non-hydrogen) atoms. The maximum atomic E-state index is 12.5. The van der Waals surface area contributed by atoms with Crippen LogP contribution in [0.5, 0.6) is 34.5 Å². The van der Waals surface area contributed by atoms with Gasteiger partial charge in [-0.25, -0.2) is 4.79 Å². The van der Waals surface area contributed by atoms with Gasteiger partial charge in [0.2, 0.25) is 0 Å². The van der Waals surface area contributed by atoms with Crippen molar-refractivity contribution >= 4 is 46.6 Å². The monoisotopic (exact) mass is 1800 g/mol. The molecular weight excluding hydrogens is 1670 g/mol. The largest absolute Gasteiger partial charge is 0.494 e. The van der Waals surface area contributed by atoms with Gasteiger partial charge in [0, 0.05) is 72.8 Å². The number of unbranched alkanes of at least 4 members (excludes halogenated alkanes) is 21. The second-order valence-electron chi connectivity index (χ2n) is 33.7. The van der Waals surface area contributed by atoms with Crippen LogP contribution in [0.25, 0.3) is 0 Å². The molecule has 15 heteroatoms. The smallest absolute Gasteiger partial charge is 0.330 e. The maximum absolute atomic E-state index is 12.5. The lowest BCUT2D eigenvalue weighted by Gasteiger charge is -2.16. The molecule has 0 saturated carbocycles. The second-order valence-corrected chi connectivity index (χ2v) is 33.7. The summed E-state index contributed by atoms with van der Waals surface area (Å²) in [6.07, 6.45) is 31.4. The van der Waals surface area contributed by atoms with Gasteiger partial charge in [-0.15, -0.1) is 0 Å². The number of hydrogen-bond acceptors (Lipinski definition) is 15. The van der Waals surface area contributed by atoms with Crippen LogP contribution in [-0.4, -0.2) is 86.3 Å². The zero-order chi connectivity index (χ0) is 95.3. The van der Waals surface area contributed by atoms with Crippen LogP contribution in [0.15, 0.2) is 340 Å². The Morgan fingerprint density at radius 1 is 0.216 bits per heavy atom. The molecule has 12 aromatic carbocycles. The molecule has 700 valence electrons. The Labute approximate surface area is 795 Å². The lowest BCUT2D eigenvalue weighted by Crippen LogP contribution is -2.25. The van der Waals surface area contributed by atoms with Gasteiger partial charge in [-0.2, -0.15) is 0 Å². The topological polar surface area (TPSA) is 201 Å². The summed E-state index contributed by atoms with van der Waals surface area (Å²) in [5.74, 6) is 3.81. The van der Waals surface area contributed by atoms with Gasteiger partial charge in [0.15, 0.2) is 34.7 Å². The SMILES string of the molecule is C=CC(=O)OCCCCCCOc1ccc(C(=O)c2ccccc2)cc1.CC(C)(C)C(=O)Oc1ccc(C(=O)c2ccccc2)cc1.CCCCCCCCCCCCOc1ccc(C(=O)c2ccccc2)cc1.CCCCCCCCCCOc1ccc(C(=O)c2ccccc2)cc1.O=C(c1ccccc1)c1ccc(OCCCCCOc2ccc(C(=O)c3ccccc3)cc2)cc1. The first kappa shape index (κ1) is 106. The van der Waals surface area contributed by atoms with Crippen LogP contribution >= 0.6 is 0 Å². The average Bonchev–Trinajstić information content (AvgIpc) is 0.864. The highest BCUT2D eigenvalue weighted by Gasteiger charge is 2.24. The molecule has 0 amide bonds. The van der Waals surface area contributed by atoms with Crippen molar-refractivity contribution in [2.75, 3.05) is 39.6 Å². The predicted molar refractivity (Wildman–Crippen MR) is 538 cm³/mol. The molecule has 0 aliphatic heterocycles. The van der Waals surface area contributed by atoms with Crippen LogP contribution < -0.4 is 28.4 Å². The first-order valence-corrected chi connectivity index (χ1v) is 47.8. The summed E-state index contributed by atoms with van der Waals surface area (Å²) < 4.78 is 39.1. The molecule has 0 heterocycles. The van der Waals surface area contributed by atoms with Crippen LogP contribution in [0.2, 0.25) is 0 Å². The second kappa shape index (κ2) is 62.6. The standard InChI is InChI=1S/C31H28O4.C25H34O2.C23H30O2.C22H24O4.C18H18O3/c32-30(24-10-4-1-5-11-24)26-14-18-28(19-15-26)34-22-8-3-9-23-35-29-20-16-27(17-21-29)31(33)25-12-6-2-7-13-25;1-2-3-4-5-6-7-8-9-10-14-21-27-24-19-17-23(18-20-24)25(26)22-15-12-11-13-16-22;1-2-3-4-5-6-7-8-12-19-25-22-17-15-21(16-18-22)23(24)20-13-10-9-11-14-20;1-2-21(23)26-17-9-4-3-8-16-25-20-14-12-19(13-15-20)22(24)18-10-6-5-7-11-18;1-18(2,3)17(20)21-15-11-9-14(10-12-15)16(19)13-7-5-4-6-8-13/h1-2,4-7,10-21H,3,8-9,22-23H2;11-13,15-20H,2-10,14,21H2,1H3;9-11,13-18H,2-8,12,19H2,1H3;2,5-7,10-15H,1,3-4,8-9,16-17H2;4-12H,1-3H3. The van der Waals surface area contributed by atoms with Crippen molar-refractivity contribution in [3.05, 3.63) is 407 Å². The highest BCUT2D eigenvalue weighted by Crippen LogP contribution is 2.26. The first-order valence-electron chi connectivity index (χ1n) is 47.8. The highest BCUT2D eigenvalue weighted by atomic mass is 16.5. The summed E-state index contributed by atoms with van der Waals surface area (Å²) in [6, 6.07) is 98.9. The summed E-state index contributed by atoms with van der Waals surface area (Å²) in [6.45, 7) is 17.0. The number of carbonyl (C=O) groups is 8. The fourth-order valence-electron chi connectivity index (χ4n) is 13.9. The van der Waals surface area contributed by atoms with Crippen molar-refractivity contribution in [2.45, 2.75) is 195 Å². The number of esters is 2. The van der Waals surface area contributed by atoms with Crippen molar-refractivity contribution in [3.8, 4) is 34.5 Å². The summed E-state index contributed by atoms with van der Waals surface area (Å²) in [4.78, 5) is 96.8. The van der Waals surface area contributed by atoms with E-state index in [1.807, 2.05) is 255 Å². The molecule has 0 aliphatic rings.